The molecule has 0 spiro atoms. The van der Waals surface area contributed by atoms with Crippen molar-refractivity contribution in [3.05, 3.63) is 35.6 Å². The van der Waals surface area contributed by atoms with Crippen LogP contribution in [0.4, 0.5) is 4.39 Å². The highest BCUT2D eigenvalue weighted by Gasteiger charge is 2.23. The Labute approximate surface area is 100 Å². The molecular formula is C13H17FN2O. The third-order valence-electron chi connectivity index (χ3n) is 3.23. The van der Waals surface area contributed by atoms with Crippen LogP contribution < -0.4 is 5.73 Å². The maximum absolute atomic E-state index is 12.8. The molecule has 2 rings (SSSR count). The highest BCUT2D eigenvalue weighted by Crippen LogP contribution is 2.17. The third-order valence-corrected chi connectivity index (χ3v) is 3.23. The molecule has 0 aromatic heterocycles. The zero-order valence-corrected chi connectivity index (χ0v) is 9.73. The number of carbonyl (C=O) groups excluding carboxylic acids is 1. The van der Waals surface area contributed by atoms with E-state index in [-0.39, 0.29) is 11.7 Å². The van der Waals surface area contributed by atoms with Gasteiger partial charge in [0.05, 0.1) is 0 Å². The molecular weight excluding hydrogens is 219 g/mol. The lowest BCUT2D eigenvalue weighted by atomic mass is 9.97. The number of hydrogen-bond acceptors (Lipinski definition) is 2. The molecule has 1 aliphatic rings. The molecule has 0 aliphatic carbocycles. The lowest BCUT2D eigenvalue weighted by Crippen LogP contribution is -2.42. The first-order valence-electron chi connectivity index (χ1n) is 5.95. The Balaban J connectivity index is 2.06. The van der Waals surface area contributed by atoms with E-state index in [0.29, 0.717) is 24.6 Å². The van der Waals surface area contributed by atoms with Gasteiger partial charge in [-0.3, -0.25) is 4.79 Å². The molecule has 0 radical (unpaired) electrons. The van der Waals surface area contributed by atoms with Gasteiger partial charge in [-0.15, -0.1) is 0 Å². The Bertz CT molecular complexity index is 391. The number of nitrogens with zero attached hydrogens (tertiary/aromatic N) is 1. The lowest BCUT2D eigenvalue weighted by Gasteiger charge is -2.32. The number of piperidine rings is 1. The zero-order chi connectivity index (χ0) is 12.3. The fraction of sp³-hybridized carbons (Fsp3) is 0.462. The van der Waals surface area contributed by atoms with E-state index in [9.17, 15) is 9.18 Å². The predicted octanol–water partition coefficient (Wildman–Crippen LogP) is 1.64. The van der Waals surface area contributed by atoms with E-state index < -0.39 is 0 Å². The molecule has 1 fully saturated rings. The van der Waals surface area contributed by atoms with Crippen molar-refractivity contribution in [2.24, 2.45) is 11.7 Å². The maximum Gasteiger partial charge on any atom is 0.253 e. The smallest absolute Gasteiger partial charge is 0.253 e. The Morgan fingerprint density at radius 2 is 2.12 bits per heavy atom. The van der Waals surface area contributed by atoms with Gasteiger partial charge < -0.3 is 10.6 Å². The highest BCUT2D eigenvalue weighted by molar-refractivity contribution is 5.94. The molecule has 3 nitrogen and oxygen atoms in total. The Kier molecular flexibility index (Phi) is 3.74. The molecule has 2 N–H and O–H groups in total. The summed E-state index contributed by atoms with van der Waals surface area (Å²) in [7, 11) is 0. The predicted molar refractivity (Wildman–Crippen MR) is 64.1 cm³/mol. The van der Waals surface area contributed by atoms with Crippen molar-refractivity contribution in [2.45, 2.75) is 12.8 Å². The van der Waals surface area contributed by atoms with Crippen LogP contribution in [0.1, 0.15) is 23.2 Å². The topological polar surface area (TPSA) is 46.3 Å². The summed E-state index contributed by atoms with van der Waals surface area (Å²) in [5.74, 6) is 0.0522. The van der Waals surface area contributed by atoms with E-state index in [0.717, 1.165) is 19.4 Å². The summed E-state index contributed by atoms with van der Waals surface area (Å²) in [6.07, 6.45) is 2.08. The quantitative estimate of drug-likeness (QED) is 0.848. The summed E-state index contributed by atoms with van der Waals surface area (Å²) in [6, 6.07) is 5.70. The minimum absolute atomic E-state index is 0.0249. The van der Waals surface area contributed by atoms with Crippen LogP contribution in [0.5, 0.6) is 0 Å². The van der Waals surface area contributed by atoms with Crippen LogP contribution in [0.2, 0.25) is 0 Å². The maximum atomic E-state index is 12.8. The standard InChI is InChI=1S/C13H17FN2O/c14-12-5-3-11(4-6-12)13(17)16-7-1-2-10(8-15)9-16/h3-6,10H,1-2,7-9,15H2/t10-/m0/s1. The largest absolute Gasteiger partial charge is 0.338 e. The second kappa shape index (κ2) is 5.27. The molecule has 1 saturated heterocycles. The van der Waals surface area contributed by atoms with Gasteiger partial charge >= 0.3 is 0 Å². The number of halogens is 1. The second-order valence-electron chi connectivity index (χ2n) is 4.50. The van der Waals surface area contributed by atoms with Crippen molar-refractivity contribution >= 4 is 5.91 Å². The number of rotatable bonds is 2. The van der Waals surface area contributed by atoms with Gasteiger partial charge in [-0.2, -0.15) is 0 Å². The molecule has 92 valence electrons. The van der Waals surface area contributed by atoms with Crippen LogP contribution in [0.3, 0.4) is 0 Å². The molecule has 1 amide bonds. The van der Waals surface area contributed by atoms with Crippen LogP contribution in [0.15, 0.2) is 24.3 Å². The summed E-state index contributed by atoms with van der Waals surface area (Å²) in [5, 5.41) is 0. The molecule has 4 heteroatoms. The number of nitrogens with two attached hydrogens (primary N) is 1. The summed E-state index contributed by atoms with van der Waals surface area (Å²) in [6.45, 7) is 2.10. The number of amides is 1. The van der Waals surface area contributed by atoms with E-state index >= 15 is 0 Å². The molecule has 0 unspecified atom stereocenters. The molecule has 0 saturated carbocycles. The van der Waals surface area contributed by atoms with Crippen LogP contribution in [-0.2, 0) is 0 Å². The summed E-state index contributed by atoms with van der Waals surface area (Å²) in [4.78, 5) is 13.9. The number of likely N-dealkylation sites (tertiary alicyclic amines) is 1. The van der Waals surface area contributed by atoms with Crippen molar-refractivity contribution in [3.63, 3.8) is 0 Å². The second-order valence-corrected chi connectivity index (χ2v) is 4.50. The number of hydrogen-bond donors (Lipinski definition) is 1. The zero-order valence-electron chi connectivity index (χ0n) is 9.73. The fourth-order valence-electron chi connectivity index (χ4n) is 2.22. The van der Waals surface area contributed by atoms with Crippen molar-refractivity contribution in [3.8, 4) is 0 Å². The minimum atomic E-state index is -0.319. The first kappa shape index (κ1) is 12.0. The average molecular weight is 236 g/mol. The molecule has 1 heterocycles. The van der Waals surface area contributed by atoms with E-state index in [1.165, 1.54) is 24.3 Å². The number of carbonyl (C=O) groups is 1. The molecule has 17 heavy (non-hydrogen) atoms. The van der Waals surface area contributed by atoms with Gasteiger partial charge in [-0.05, 0) is 49.6 Å². The lowest BCUT2D eigenvalue weighted by molar-refractivity contribution is 0.0678. The first-order chi connectivity index (χ1) is 8.20. The SMILES string of the molecule is NC[C@@H]1CCCN(C(=O)c2ccc(F)cc2)C1. The van der Waals surface area contributed by atoms with Crippen LogP contribution in [0, 0.1) is 11.7 Å². The van der Waals surface area contributed by atoms with Gasteiger partial charge in [0, 0.05) is 18.7 Å². The van der Waals surface area contributed by atoms with Crippen LogP contribution in [0.25, 0.3) is 0 Å². The summed E-state index contributed by atoms with van der Waals surface area (Å²) >= 11 is 0. The fourth-order valence-corrected chi connectivity index (χ4v) is 2.22. The van der Waals surface area contributed by atoms with Crippen molar-refractivity contribution < 1.29 is 9.18 Å². The highest BCUT2D eigenvalue weighted by atomic mass is 19.1. The normalized spacial score (nSPS) is 20.4. The van der Waals surface area contributed by atoms with Crippen molar-refractivity contribution in [1.29, 1.82) is 0 Å². The minimum Gasteiger partial charge on any atom is -0.338 e. The molecule has 1 aromatic rings. The van der Waals surface area contributed by atoms with Gasteiger partial charge in [-0.1, -0.05) is 0 Å². The molecule has 1 atom stereocenters. The van der Waals surface area contributed by atoms with Crippen LogP contribution in [-0.4, -0.2) is 30.4 Å². The van der Waals surface area contributed by atoms with Crippen molar-refractivity contribution in [2.75, 3.05) is 19.6 Å². The molecule has 1 aromatic carbocycles. The third kappa shape index (κ3) is 2.82. The average Bonchev–Trinajstić information content (AvgIpc) is 2.39. The molecule has 0 bridgehead atoms. The van der Waals surface area contributed by atoms with Gasteiger partial charge in [0.25, 0.3) is 5.91 Å². The first-order valence-corrected chi connectivity index (χ1v) is 5.95. The van der Waals surface area contributed by atoms with Crippen LogP contribution >= 0.6 is 0 Å². The summed E-state index contributed by atoms with van der Waals surface area (Å²) in [5.41, 5.74) is 6.18. The van der Waals surface area contributed by atoms with Gasteiger partial charge in [0.2, 0.25) is 0 Å². The summed E-state index contributed by atoms with van der Waals surface area (Å²) < 4.78 is 12.8. The Hall–Kier alpha value is -1.42. The monoisotopic (exact) mass is 236 g/mol. The molecule has 1 aliphatic heterocycles. The van der Waals surface area contributed by atoms with E-state index in [2.05, 4.69) is 0 Å². The Morgan fingerprint density at radius 3 is 2.76 bits per heavy atom. The van der Waals surface area contributed by atoms with Gasteiger partial charge in [0.15, 0.2) is 0 Å². The Morgan fingerprint density at radius 1 is 1.41 bits per heavy atom. The van der Waals surface area contributed by atoms with Gasteiger partial charge in [-0.25, -0.2) is 4.39 Å². The number of benzene rings is 1. The van der Waals surface area contributed by atoms with Gasteiger partial charge in [0.1, 0.15) is 5.82 Å². The van der Waals surface area contributed by atoms with E-state index in [1.54, 1.807) is 0 Å². The van der Waals surface area contributed by atoms with E-state index in [1.807, 2.05) is 4.90 Å². The van der Waals surface area contributed by atoms with Crippen molar-refractivity contribution in [1.82, 2.24) is 4.90 Å². The van der Waals surface area contributed by atoms with E-state index in [4.69, 9.17) is 5.73 Å².